The molecule has 27 heavy (non-hydrogen) atoms. The van der Waals surface area contributed by atoms with Crippen LogP contribution >= 0.6 is 0 Å². The Morgan fingerprint density at radius 3 is 2.30 bits per heavy atom. The highest BCUT2D eigenvalue weighted by Gasteiger charge is 2.12. The van der Waals surface area contributed by atoms with Crippen LogP contribution in [0.2, 0.25) is 0 Å². The van der Waals surface area contributed by atoms with Crippen LogP contribution in [-0.2, 0) is 15.9 Å². The van der Waals surface area contributed by atoms with E-state index in [0.717, 1.165) is 16.7 Å². The van der Waals surface area contributed by atoms with E-state index in [1.54, 1.807) is 12.1 Å². The maximum absolute atomic E-state index is 11.7. The number of methoxy groups -OCH3 is 1. The molecule has 6 nitrogen and oxygen atoms in total. The Morgan fingerprint density at radius 2 is 1.67 bits per heavy atom. The van der Waals surface area contributed by atoms with Crippen molar-refractivity contribution in [2.24, 2.45) is 0 Å². The van der Waals surface area contributed by atoms with E-state index in [-0.39, 0.29) is 5.97 Å². The first-order valence-electron chi connectivity index (χ1n) is 8.78. The minimum absolute atomic E-state index is 0.299. The molecule has 144 valence electrons. The molecule has 6 heteroatoms. The van der Waals surface area contributed by atoms with Crippen LogP contribution < -0.4 is 10.1 Å². The Hall–Kier alpha value is -3.02. The molecule has 0 aliphatic heterocycles. The van der Waals surface area contributed by atoms with Crippen LogP contribution in [-0.4, -0.2) is 38.9 Å². The van der Waals surface area contributed by atoms with Crippen molar-refractivity contribution in [3.8, 4) is 5.75 Å². The van der Waals surface area contributed by atoms with Crippen LogP contribution in [0.25, 0.3) is 0 Å². The molecule has 0 saturated carbocycles. The van der Waals surface area contributed by atoms with E-state index >= 15 is 0 Å². The zero-order valence-electron chi connectivity index (χ0n) is 15.9. The molecule has 0 atom stereocenters. The zero-order valence-corrected chi connectivity index (χ0v) is 15.9. The van der Waals surface area contributed by atoms with Crippen LogP contribution in [0.4, 0.5) is 4.79 Å². The first-order chi connectivity index (χ1) is 13.0. The molecule has 0 aromatic heterocycles. The molecule has 0 aliphatic carbocycles. The van der Waals surface area contributed by atoms with E-state index in [1.165, 1.54) is 7.11 Å². The number of amides is 1. The number of alkyl carbamates (subject to hydrolysis) is 1. The summed E-state index contributed by atoms with van der Waals surface area (Å²) in [7, 11) is 1.35. The number of carbonyl (C=O) groups excluding carboxylic acids is 2. The summed E-state index contributed by atoms with van der Waals surface area (Å²) >= 11 is 0. The van der Waals surface area contributed by atoms with Gasteiger partial charge in [-0.1, -0.05) is 30.3 Å². The molecular formula is C21H25NO5. The van der Waals surface area contributed by atoms with Crippen molar-refractivity contribution >= 4 is 12.1 Å². The number of rotatable bonds is 8. The van der Waals surface area contributed by atoms with Gasteiger partial charge in [-0.3, -0.25) is 0 Å². The number of hydrogen-bond donors (Lipinski definition) is 1. The van der Waals surface area contributed by atoms with E-state index in [1.807, 2.05) is 44.2 Å². The van der Waals surface area contributed by atoms with Gasteiger partial charge in [-0.05, 0) is 42.7 Å². The zero-order chi connectivity index (χ0) is 19.6. The molecule has 0 heterocycles. The van der Waals surface area contributed by atoms with Gasteiger partial charge in [0.2, 0.25) is 0 Å². The van der Waals surface area contributed by atoms with Crippen molar-refractivity contribution in [2.45, 2.75) is 20.3 Å². The lowest BCUT2D eigenvalue weighted by atomic mass is 10.1. The topological polar surface area (TPSA) is 73.9 Å². The van der Waals surface area contributed by atoms with Gasteiger partial charge in [-0.15, -0.1) is 0 Å². The average molecular weight is 371 g/mol. The number of benzene rings is 2. The quantitative estimate of drug-likeness (QED) is 0.568. The second-order valence-electron chi connectivity index (χ2n) is 6.08. The maximum Gasteiger partial charge on any atom is 0.407 e. The predicted octanol–water partition coefficient (Wildman–Crippen LogP) is 3.44. The van der Waals surface area contributed by atoms with Crippen LogP contribution in [0.3, 0.4) is 0 Å². The van der Waals surface area contributed by atoms with Gasteiger partial charge in [0.25, 0.3) is 0 Å². The number of ether oxygens (including phenoxy) is 3. The maximum atomic E-state index is 11.7. The molecule has 0 unspecified atom stereocenters. The fraction of sp³-hybridized carbons (Fsp3) is 0.333. The number of hydrogen-bond acceptors (Lipinski definition) is 5. The van der Waals surface area contributed by atoms with Gasteiger partial charge < -0.3 is 19.5 Å². The minimum Gasteiger partial charge on any atom is -0.491 e. The number of nitrogens with one attached hydrogen (secondary N) is 1. The summed E-state index contributed by atoms with van der Waals surface area (Å²) in [5.74, 6) is 0.314. The van der Waals surface area contributed by atoms with Gasteiger partial charge in [0.05, 0.1) is 25.8 Å². The highest BCUT2D eigenvalue weighted by Crippen LogP contribution is 2.25. The van der Waals surface area contributed by atoms with Crippen molar-refractivity contribution in [3.05, 3.63) is 64.7 Å². The highest BCUT2D eigenvalue weighted by molar-refractivity contribution is 5.90. The summed E-state index contributed by atoms with van der Waals surface area (Å²) in [5.41, 5.74) is 3.27. The van der Waals surface area contributed by atoms with Crippen molar-refractivity contribution in [1.82, 2.24) is 5.32 Å². The van der Waals surface area contributed by atoms with Crippen LogP contribution in [0.5, 0.6) is 5.75 Å². The van der Waals surface area contributed by atoms with E-state index < -0.39 is 6.09 Å². The second kappa shape index (κ2) is 10.2. The first-order valence-corrected chi connectivity index (χ1v) is 8.78. The van der Waals surface area contributed by atoms with Gasteiger partial charge in [0.1, 0.15) is 12.4 Å². The largest absolute Gasteiger partial charge is 0.491 e. The lowest BCUT2D eigenvalue weighted by molar-refractivity contribution is 0.0600. The summed E-state index contributed by atoms with van der Waals surface area (Å²) in [4.78, 5) is 23.3. The summed E-state index contributed by atoms with van der Waals surface area (Å²) < 4.78 is 15.6. The summed E-state index contributed by atoms with van der Waals surface area (Å²) in [5, 5.41) is 2.66. The Balaban J connectivity index is 1.71. The number of carbonyl (C=O) groups is 2. The Labute approximate surface area is 159 Å². The smallest absolute Gasteiger partial charge is 0.407 e. The highest BCUT2D eigenvalue weighted by atomic mass is 16.5. The monoisotopic (exact) mass is 371 g/mol. The molecule has 0 fully saturated rings. The SMILES string of the molecule is COC(=O)c1cc(C)c(OCCNC(=O)OCCc2ccccc2)c(C)c1. The minimum atomic E-state index is -0.469. The van der Waals surface area contributed by atoms with E-state index in [9.17, 15) is 9.59 Å². The standard InChI is InChI=1S/C21H25NO5/c1-15-13-18(20(23)25-3)14-16(2)19(15)26-12-10-22-21(24)27-11-9-17-7-5-4-6-8-17/h4-8,13-14H,9-12H2,1-3H3,(H,22,24). The van der Waals surface area contributed by atoms with Crippen molar-refractivity contribution in [1.29, 1.82) is 0 Å². The van der Waals surface area contributed by atoms with E-state index in [2.05, 4.69) is 5.32 Å². The molecule has 0 radical (unpaired) electrons. The number of esters is 1. The summed E-state index contributed by atoms with van der Waals surface area (Å²) in [6.07, 6.45) is 0.208. The second-order valence-corrected chi connectivity index (χ2v) is 6.08. The van der Waals surface area contributed by atoms with Gasteiger partial charge in [-0.25, -0.2) is 9.59 Å². The first kappa shape index (κ1) is 20.3. The summed E-state index contributed by atoms with van der Waals surface area (Å²) in [6, 6.07) is 13.3. The van der Waals surface area contributed by atoms with Crippen molar-refractivity contribution < 1.29 is 23.8 Å². The van der Waals surface area contributed by atoms with E-state index in [4.69, 9.17) is 14.2 Å². The predicted molar refractivity (Wildman–Crippen MR) is 102 cm³/mol. The molecular weight excluding hydrogens is 346 g/mol. The molecule has 0 aliphatic rings. The molecule has 0 spiro atoms. The molecule has 0 saturated heterocycles. The fourth-order valence-corrected chi connectivity index (χ4v) is 2.68. The molecule has 2 aromatic carbocycles. The Kier molecular flexibility index (Phi) is 7.67. The third kappa shape index (κ3) is 6.33. The lowest BCUT2D eigenvalue weighted by Crippen LogP contribution is -2.29. The summed E-state index contributed by atoms with van der Waals surface area (Å²) in [6.45, 7) is 4.67. The molecule has 1 amide bonds. The average Bonchev–Trinajstić information content (AvgIpc) is 2.66. The third-order valence-electron chi connectivity index (χ3n) is 3.97. The van der Waals surface area contributed by atoms with Crippen molar-refractivity contribution in [2.75, 3.05) is 26.9 Å². The molecule has 2 rings (SSSR count). The Morgan fingerprint density at radius 1 is 1.00 bits per heavy atom. The Bertz CT molecular complexity index is 750. The van der Waals surface area contributed by atoms with Gasteiger partial charge in [0.15, 0.2) is 0 Å². The van der Waals surface area contributed by atoms with Crippen LogP contribution in [0.1, 0.15) is 27.0 Å². The van der Waals surface area contributed by atoms with E-state index in [0.29, 0.717) is 37.5 Å². The van der Waals surface area contributed by atoms with Crippen LogP contribution in [0.15, 0.2) is 42.5 Å². The number of aryl methyl sites for hydroxylation is 2. The van der Waals surface area contributed by atoms with Gasteiger partial charge in [0, 0.05) is 6.42 Å². The fourth-order valence-electron chi connectivity index (χ4n) is 2.68. The van der Waals surface area contributed by atoms with Crippen LogP contribution in [0, 0.1) is 13.8 Å². The molecule has 2 aromatic rings. The van der Waals surface area contributed by atoms with Gasteiger partial charge in [-0.2, -0.15) is 0 Å². The van der Waals surface area contributed by atoms with Crippen molar-refractivity contribution in [3.63, 3.8) is 0 Å². The normalized spacial score (nSPS) is 10.2. The third-order valence-corrected chi connectivity index (χ3v) is 3.97. The molecule has 0 bridgehead atoms. The lowest BCUT2D eigenvalue weighted by Gasteiger charge is -2.14. The van der Waals surface area contributed by atoms with Gasteiger partial charge >= 0.3 is 12.1 Å². The molecule has 1 N–H and O–H groups in total.